The van der Waals surface area contributed by atoms with E-state index in [0.29, 0.717) is 16.5 Å². The first-order valence-electron chi connectivity index (χ1n) is 9.61. The zero-order chi connectivity index (χ0) is 22.2. The van der Waals surface area contributed by atoms with Gasteiger partial charge >= 0.3 is 10.1 Å². The second-order valence-corrected chi connectivity index (χ2v) is 9.39. The molecule has 0 radical (unpaired) electrons. The number of carbonyl (C=O) groups is 1. The zero-order valence-electron chi connectivity index (χ0n) is 16.8. The van der Waals surface area contributed by atoms with Crippen molar-refractivity contribution in [2.45, 2.75) is 24.7 Å². The number of ether oxygens (including phenoxy) is 1. The van der Waals surface area contributed by atoms with Crippen molar-refractivity contribution in [2.75, 3.05) is 0 Å². The molecule has 0 saturated heterocycles. The van der Waals surface area contributed by atoms with Gasteiger partial charge in [0.05, 0.1) is 5.56 Å². The van der Waals surface area contributed by atoms with Gasteiger partial charge in [-0.3, -0.25) is 4.79 Å². The van der Waals surface area contributed by atoms with Gasteiger partial charge in [-0.25, -0.2) is 0 Å². The van der Waals surface area contributed by atoms with Gasteiger partial charge in [0.1, 0.15) is 16.4 Å². The van der Waals surface area contributed by atoms with Crippen LogP contribution in [0.25, 0.3) is 6.08 Å². The Balaban J connectivity index is 1.56. The zero-order valence-corrected chi connectivity index (χ0v) is 18.4. The molecule has 0 N–H and O–H groups in total. The van der Waals surface area contributed by atoms with Crippen LogP contribution in [0.15, 0.2) is 77.4 Å². The Morgan fingerprint density at radius 3 is 2.29 bits per heavy atom. The molecule has 0 aromatic heterocycles. The molecule has 0 aliphatic carbocycles. The van der Waals surface area contributed by atoms with Crippen LogP contribution in [0.5, 0.6) is 11.5 Å². The summed E-state index contributed by atoms with van der Waals surface area (Å²) < 4.78 is 35.8. The van der Waals surface area contributed by atoms with E-state index in [4.69, 9.17) is 20.5 Å². The molecule has 0 saturated carbocycles. The molecule has 31 heavy (non-hydrogen) atoms. The summed E-state index contributed by atoms with van der Waals surface area (Å²) in [6.07, 6.45) is 1.66. The van der Waals surface area contributed by atoms with Crippen LogP contribution < -0.4 is 8.92 Å². The minimum absolute atomic E-state index is 0.0279. The van der Waals surface area contributed by atoms with Gasteiger partial charge in [-0.15, -0.1) is 0 Å². The van der Waals surface area contributed by atoms with E-state index in [1.54, 1.807) is 6.08 Å². The summed E-state index contributed by atoms with van der Waals surface area (Å²) in [5.74, 6) is 0.612. The maximum Gasteiger partial charge on any atom is 0.339 e. The Kier molecular flexibility index (Phi) is 5.60. The Hall–Kier alpha value is -3.09. The highest BCUT2D eigenvalue weighted by molar-refractivity contribution is 7.87. The van der Waals surface area contributed by atoms with E-state index in [1.165, 1.54) is 48.0 Å². The van der Waals surface area contributed by atoms with Crippen molar-refractivity contribution in [3.05, 3.63) is 94.2 Å². The maximum atomic E-state index is 12.7. The first-order valence-corrected chi connectivity index (χ1v) is 11.4. The van der Waals surface area contributed by atoms with Crippen LogP contribution >= 0.6 is 11.6 Å². The number of benzene rings is 3. The van der Waals surface area contributed by atoms with Gasteiger partial charge in [0.15, 0.2) is 5.76 Å². The van der Waals surface area contributed by atoms with E-state index in [-0.39, 0.29) is 27.9 Å². The molecular weight excluding hydrogens is 436 g/mol. The lowest BCUT2D eigenvalue weighted by Crippen LogP contribution is -2.09. The van der Waals surface area contributed by atoms with Gasteiger partial charge in [-0.05, 0) is 59.5 Å². The summed E-state index contributed by atoms with van der Waals surface area (Å²) in [5, 5.41) is 0.418. The Morgan fingerprint density at radius 2 is 1.65 bits per heavy atom. The van der Waals surface area contributed by atoms with Crippen molar-refractivity contribution in [3.8, 4) is 11.5 Å². The largest absolute Gasteiger partial charge is 0.452 e. The number of ketones is 1. The number of hydrogen-bond donors (Lipinski definition) is 0. The lowest BCUT2D eigenvalue weighted by atomic mass is 10.0. The fourth-order valence-electron chi connectivity index (χ4n) is 3.12. The van der Waals surface area contributed by atoms with Gasteiger partial charge in [0, 0.05) is 11.1 Å². The fourth-order valence-corrected chi connectivity index (χ4v) is 4.17. The number of allylic oxidation sites excluding steroid dienone is 1. The number of hydrogen-bond acceptors (Lipinski definition) is 5. The summed E-state index contributed by atoms with van der Waals surface area (Å²) >= 11 is 5.80. The molecule has 0 fully saturated rings. The van der Waals surface area contributed by atoms with Crippen molar-refractivity contribution >= 4 is 33.6 Å². The highest BCUT2D eigenvalue weighted by atomic mass is 35.5. The number of halogens is 1. The highest BCUT2D eigenvalue weighted by Gasteiger charge is 2.28. The third-order valence-corrected chi connectivity index (χ3v) is 6.36. The number of Topliss-reactive ketones (excluding diaryl/α,β-unsaturated/α-hetero) is 1. The molecule has 1 heterocycles. The number of fused-ring (bicyclic) bond motifs is 1. The third-order valence-electron chi connectivity index (χ3n) is 4.85. The van der Waals surface area contributed by atoms with Crippen molar-refractivity contribution in [3.63, 3.8) is 0 Å². The molecule has 0 bridgehead atoms. The lowest BCUT2D eigenvalue weighted by Gasteiger charge is -2.08. The molecular formula is C24H19ClO5S. The molecule has 0 unspecified atom stereocenters. The van der Waals surface area contributed by atoms with E-state index in [9.17, 15) is 13.2 Å². The maximum absolute atomic E-state index is 12.7. The standard InChI is InChI=1S/C24H19ClO5S/c1-15(2)17-5-3-16(4-6-17)13-23-24(26)21-12-9-19(14-22(21)29-23)30-31(27,28)20-10-7-18(25)8-11-20/h3-15H,1-2H3. The topological polar surface area (TPSA) is 69.7 Å². The lowest BCUT2D eigenvalue weighted by molar-refractivity contribution is 0.101. The predicted octanol–water partition coefficient (Wildman–Crippen LogP) is 5.85. The molecule has 5 nitrogen and oxygen atoms in total. The second kappa shape index (κ2) is 8.21. The summed E-state index contributed by atoms with van der Waals surface area (Å²) in [6, 6.07) is 17.8. The van der Waals surface area contributed by atoms with Crippen LogP contribution in [0, 0.1) is 0 Å². The monoisotopic (exact) mass is 454 g/mol. The van der Waals surface area contributed by atoms with E-state index >= 15 is 0 Å². The van der Waals surface area contributed by atoms with Crippen molar-refractivity contribution < 1.29 is 22.1 Å². The summed E-state index contributed by atoms with van der Waals surface area (Å²) in [7, 11) is -4.05. The SMILES string of the molecule is CC(C)c1ccc(C=C2Oc3cc(OS(=O)(=O)c4ccc(Cl)cc4)ccc3C2=O)cc1. The number of rotatable bonds is 5. The Morgan fingerprint density at radius 1 is 0.968 bits per heavy atom. The molecule has 158 valence electrons. The summed E-state index contributed by atoms with van der Waals surface area (Å²) in [4.78, 5) is 12.6. The van der Waals surface area contributed by atoms with Crippen LogP contribution in [-0.4, -0.2) is 14.2 Å². The first kappa shape index (κ1) is 21.2. The second-order valence-electron chi connectivity index (χ2n) is 7.41. The Bertz CT molecular complexity index is 1270. The summed E-state index contributed by atoms with van der Waals surface area (Å²) in [6.45, 7) is 4.22. The Labute approximate surface area is 186 Å². The first-order chi connectivity index (χ1) is 14.7. The van der Waals surface area contributed by atoms with Crippen LogP contribution in [0.3, 0.4) is 0 Å². The minimum atomic E-state index is -4.05. The van der Waals surface area contributed by atoms with Gasteiger partial charge in [0.25, 0.3) is 0 Å². The van der Waals surface area contributed by atoms with Crippen LogP contribution in [0.1, 0.15) is 41.3 Å². The predicted molar refractivity (Wildman–Crippen MR) is 119 cm³/mol. The quantitative estimate of drug-likeness (QED) is 0.357. The van der Waals surface area contributed by atoms with Crippen LogP contribution in [0.4, 0.5) is 0 Å². The summed E-state index contributed by atoms with van der Waals surface area (Å²) in [5.41, 5.74) is 2.39. The van der Waals surface area contributed by atoms with E-state index < -0.39 is 10.1 Å². The van der Waals surface area contributed by atoms with Gasteiger partial charge < -0.3 is 8.92 Å². The minimum Gasteiger partial charge on any atom is -0.452 e. The molecule has 0 amide bonds. The molecule has 7 heteroatoms. The van der Waals surface area contributed by atoms with Gasteiger partial charge in [-0.2, -0.15) is 8.42 Å². The van der Waals surface area contributed by atoms with Crippen LogP contribution in [0.2, 0.25) is 5.02 Å². The average Bonchev–Trinajstić information content (AvgIpc) is 3.03. The smallest absolute Gasteiger partial charge is 0.339 e. The third kappa shape index (κ3) is 4.50. The molecule has 4 rings (SSSR count). The molecule has 1 aliphatic heterocycles. The van der Waals surface area contributed by atoms with Crippen molar-refractivity contribution in [1.82, 2.24) is 0 Å². The van der Waals surface area contributed by atoms with Gasteiger partial charge in [0.2, 0.25) is 5.78 Å². The average molecular weight is 455 g/mol. The van der Waals surface area contributed by atoms with E-state index in [1.807, 2.05) is 24.3 Å². The number of carbonyl (C=O) groups excluding carboxylic acids is 1. The normalized spacial score (nSPS) is 14.6. The molecule has 3 aromatic carbocycles. The van der Waals surface area contributed by atoms with Crippen molar-refractivity contribution in [1.29, 1.82) is 0 Å². The van der Waals surface area contributed by atoms with Crippen molar-refractivity contribution in [2.24, 2.45) is 0 Å². The molecule has 3 aromatic rings. The van der Waals surface area contributed by atoms with Gasteiger partial charge in [-0.1, -0.05) is 49.7 Å². The van der Waals surface area contributed by atoms with E-state index in [2.05, 4.69) is 13.8 Å². The van der Waals surface area contributed by atoms with E-state index in [0.717, 1.165) is 5.56 Å². The fraction of sp³-hybridized carbons (Fsp3) is 0.125. The van der Waals surface area contributed by atoms with Crippen LogP contribution in [-0.2, 0) is 10.1 Å². The highest BCUT2D eigenvalue weighted by Crippen LogP contribution is 2.35. The molecule has 1 aliphatic rings. The molecule has 0 atom stereocenters. The molecule has 0 spiro atoms.